The van der Waals surface area contributed by atoms with Crippen LogP contribution in [0.2, 0.25) is 0 Å². The summed E-state index contributed by atoms with van der Waals surface area (Å²) < 4.78 is 0. The van der Waals surface area contributed by atoms with E-state index in [1.165, 1.54) is 0 Å². The lowest BCUT2D eigenvalue weighted by atomic mass is 10.1. The highest BCUT2D eigenvalue weighted by Crippen LogP contribution is 2.25. The van der Waals surface area contributed by atoms with Crippen LogP contribution in [0.4, 0.5) is 0 Å². The highest BCUT2D eigenvalue weighted by molar-refractivity contribution is 8.14. The van der Waals surface area contributed by atoms with Crippen molar-refractivity contribution in [3.8, 4) is 0 Å². The molecule has 4 heteroatoms. The van der Waals surface area contributed by atoms with Gasteiger partial charge in [-0.2, -0.15) is 0 Å². The molecular weight excluding hydrogens is 172 g/mol. The van der Waals surface area contributed by atoms with Crippen molar-refractivity contribution in [2.75, 3.05) is 12.3 Å². The number of nitrogens with zero attached hydrogens (tertiary/aromatic N) is 2. The van der Waals surface area contributed by atoms with Crippen LogP contribution < -0.4 is 0 Å². The normalized spacial score (nSPS) is 28.8. The lowest BCUT2D eigenvalue weighted by molar-refractivity contribution is -0.127. The number of carbonyl (C=O) groups excluding carboxylic acids is 1. The number of carbonyl (C=O) groups is 1. The van der Waals surface area contributed by atoms with Crippen LogP contribution in [0, 0.1) is 0 Å². The highest BCUT2D eigenvalue weighted by Gasteiger charge is 2.31. The van der Waals surface area contributed by atoms with E-state index in [1.807, 2.05) is 4.90 Å². The third kappa shape index (κ3) is 1.24. The number of hydrogen-bond acceptors (Lipinski definition) is 3. The molecule has 3 nitrogen and oxygen atoms in total. The molecule has 2 heterocycles. The maximum atomic E-state index is 11.5. The van der Waals surface area contributed by atoms with Crippen LogP contribution in [0.3, 0.4) is 0 Å². The summed E-state index contributed by atoms with van der Waals surface area (Å²) in [4.78, 5) is 17.8. The molecule has 0 aromatic rings. The van der Waals surface area contributed by atoms with Crippen LogP contribution >= 0.6 is 11.8 Å². The molecule has 0 aromatic carbocycles. The Bertz CT molecular complexity index is 239. The SMILES string of the molecule is CCC1CC(=O)N2CCSC2=N1. The summed E-state index contributed by atoms with van der Waals surface area (Å²) in [6.45, 7) is 2.94. The largest absolute Gasteiger partial charge is 0.291 e. The topological polar surface area (TPSA) is 32.7 Å². The van der Waals surface area contributed by atoms with E-state index in [2.05, 4.69) is 11.9 Å². The number of thioether (sulfide) groups is 1. The van der Waals surface area contributed by atoms with Gasteiger partial charge in [0.1, 0.15) is 0 Å². The molecule has 2 aliphatic heterocycles. The maximum Gasteiger partial charge on any atom is 0.230 e. The minimum absolute atomic E-state index is 0.245. The quantitative estimate of drug-likeness (QED) is 0.611. The van der Waals surface area contributed by atoms with E-state index in [0.29, 0.717) is 6.42 Å². The molecular formula is C8H12N2OS. The molecule has 1 unspecified atom stereocenters. The van der Waals surface area contributed by atoms with Gasteiger partial charge in [-0.15, -0.1) is 0 Å². The van der Waals surface area contributed by atoms with Crippen molar-refractivity contribution in [2.45, 2.75) is 25.8 Å². The summed E-state index contributed by atoms with van der Waals surface area (Å²) >= 11 is 1.70. The molecule has 0 bridgehead atoms. The first-order valence-corrected chi connectivity index (χ1v) is 5.30. The molecule has 12 heavy (non-hydrogen) atoms. The van der Waals surface area contributed by atoms with E-state index in [1.54, 1.807) is 11.8 Å². The Labute approximate surface area is 76.2 Å². The number of rotatable bonds is 1. The van der Waals surface area contributed by atoms with Gasteiger partial charge in [0, 0.05) is 18.7 Å². The van der Waals surface area contributed by atoms with Gasteiger partial charge in [-0.25, -0.2) is 0 Å². The standard InChI is InChI=1S/C8H12N2OS/c1-2-6-5-7(11)10-3-4-12-8(10)9-6/h6H,2-5H2,1H3. The van der Waals surface area contributed by atoms with Crippen LogP contribution in [-0.4, -0.2) is 34.3 Å². The Morgan fingerprint density at radius 1 is 1.75 bits per heavy atom. The molecule has 0 spiro atoms. The van der Waals surface area contributed by atoms with Crippen molar-refractivity contribution in [2.24, 2.45) is 4.99 Å². The zero-order valence-electron chi connectivity index (χ0n) is 7.12. The second kappa shape index (κ2) is 3.09. The smallest absolute Gasteiger partial charge is 0.230 e. The predicted octanol–water partition coefficient (Wildman–Crippen LogP) is 1.10. The zero-order chi connectivity index (χ0) is 8.55. The number of hydrogen-bond donors (Lipinski definition) is 0. The van der Waals surface area contributed by atoms with Gasteiger partial charge in [0.05, 0.1) is 6.04 Å². The van der Waals surface area contributed by atoms with Crippen LogP contribution in [0.25, 0.3) is 0 Å². The third-order valence-corrected chi connectivity index (χ3v) is 3.22. The Hall–Kier alpha value is -0.510. The molecule has 2 aliphatic rings. The van der Waals surface area contributed by atoms with Crippen LogP contribution in [0.1, 0.15) is 19.8 Å². The van der Waals surface area contributed by atoms with E-state index in [9.17, 15) is 4.79 Å². The lowest BCUT2D eigenvalue weighted by Crippen LogP contribution is -2.38. The Morgan fingerprint density at radius 2 is 2.58 bits per heavy atom. The predicted molar refractivity (Wildman–Crippen MR) is 50.3 cm³/mol. The number of aliphatic imine (C=N–C) groups is 1. The van der Waals surface area contributed by atoms with Crippen molar-refractivity contribution in [3.63, 3.8) is 0 Å². The summed E-state index contributed by atoms with van der Waals surface area (Å²) in [6.07, 6.45) is 1.59. The average Bonchev–Trinajstić information content (AvgIpc) is 2.52. The fourth-order valence-corrected chi connectivity index (χ4v) is 2.52. The van der Waals surface area contributed by atoms with Crippen LogP contribution in [0.5, 0.6) is 0 Å². The van der Waals surface area contributed by atoms with E-state index < -0.39 is 0 Å². The van der Waals surface area contributed by atoms with E-state index in [0.717, 1.165) is 23.9 Å². The van der Waals surface area contributed by atoms with Gasteiger partial charge in [-0.1, -0.05) is 18.7 Å². The molecule has 0 aromatic heterocycles. The van der Waals surface area contributed by atoms with Crippen LogP contribution in [-0.2, 0) is 4.79 Å². The highest BCUT2D eigenvalue weighted by atomic mass is 32.2. The van der Waals surface area contributed by atoms with E-state index in [4.69, 9.17) is 0 Å². The second-order valence-corrected chi connectivity index (χ2v) is 4.13. The van der Waals surface area contributed by atoms with Gasteiger partial charge in [0.15, 0.2) is 5.17 Å². The average molecular weight is 184 g/mol. The molecule has 0 aliphatic carbocycles. The Kier molecular flexibility index (Phi) is 2.09. The first kappa shape index (κ1) is 8.10. The van der Waals surface area contributed by atoms with Crippen molar-refractivity contribution in [1.82, 2.24) is 4.90 Å². The van der Waals surface area contributed by atoms with Crippen molar-refractivity contribution in [1.29, 1.82) is 0 Å². The first-order valence-electron chi connectivity index (χ1n) is 4.32. The summed E-state index contributed by atoms with van der Waals surface area (Å²) in [7, 11) is 0. The Balaban J connectivity index is 2.21. The molecule has 1 fully saturated rings. The van der Waals surface area contributed by atoms with E-state index >= 15 is 0 Å². The van der Waals surface area contributed by atoms with Crippen LogP contribution in [0.15, 0.2) is 4.99 Å². The minimum atomic E-state index is 0.245. The zero-order valence-corrected chi connectivity index (χ0v) is 7.93. The van der Waals surface area contributed by atoms with Crippen molar-refractivity contribution in [3.05, 3.63) is 0 Å². The molecule has 2 rings (SSSR count). The van der Waals surface area contributed by atoms with Gasteiger partial charge >= 0.3 is 0 Å². The molecule has 66 valence electrons. The van der Waals surface area contributed by atoms with Gasteiger partial charge < -0.3 is 0 Å². The summed E-state index contributed by atoms with van der Waals surface area (Å²) in [5.74, 6) is 1.28. The fraction of sp³-hybridized carbons (Fsp3) is 0.750. The summed E-state index contributed by atoms with van der Waals surface area (Å²) in [6, 6.07) is 0.245. The van der Waals surface area contributed by atoms with Gasteiger partial charge in [0.2, 0.25) is 5.91 Å². The monoisotopic (exact) mass is 184 g/mol. The second-order valence-electron chi connectivity index (χ2n) is 3.07. The summed E-state index contributed by atoms with van der Waals surface area (Å²) in [5.41, 5.74) is 0. The molecule has 1 atom stereocenters. The number of amides is 1. The molecule has 1 amide bonds. The van der Waals surface area contributed by atoms with Gasteiger partial charge in [-0.05, 0) is 6.42 Å². The minimum Gasteiger partial charge on any atom is -0.291 e. The van der Waals surface area contributed by atoms with Crippen molar-refractivity contribution < 1.29 is 4.79 Å². The van der Waals surface area contributed by atoms with Gasteiger partial charge in [-0.3, -0.25) is 14.7 Å². The number of amidine groups is 1. The van der Waals surface area contributed by atoms with E-state index in [-0.39, 0.29) is 11.9 Å². The number of fused-ring (bicyclic) bond motifs is 1. The fourth-order valence-electron chi connectivity index (χ4n) is 1.49. The summed E-state index contributed by atoms with van der Waals surface area (Å²) in [5, 5.41) is 0.957. The molecule has 0 saturated carbocycles. The van der Waals surface area contributed by atoms with Gasteiger partial charge in [0.25, 0.3) is 0 Å². The maximum absolute atomic E-state index is 11.5. The lowest BCUT2D eigenvalue weighted by Gasteiger charge is -2.24. The third-order valence-electron chi connectivity index (χ3n) is 2.25. The molecule has 0 radical (unpaired) electrons. The first-order chi connectivity index (χ1) is 5.81. The Morgan fingerprint density at radius 3 is 3.33 bits per heavy atom. The molecule has 0 N–H and O–H groups in total. The van der Waals surface area contributed by atoms with Crippen molar-refractivity contribution >= 4 is 22.8 Å². The molecule has 1 saturated heterocycles.